The normalized spacial score (nSPS) is 20.7. The van der Waals surface area contributed by atoms with Crippen molar-refractivity contribution in [1.82, 2.24) is 5.32 Å². The van der Waals surface area contributed by atoms with Crippen molar-refractivity contribution in [2.75, 3.05) is 26.0 Å². The Labute approximate surface area is 107 Å². The molecular formula is C12H23NO3S. The Morgan fingerprint density at radius 1 is 1.65 bits per heavy atom. The average molecular weight is 261 g/mol. The topological polar surface area (TPSA) is 58.6 Å². The van der Waals surface area contributed by atoms with E-state index in [9.17, 15) is 4.79 Å². The first kappa shape index (κ1) is 14.8. The number of hydrogen-bond donors (Lipinski definition) is 2. The lowest BCUT2D eigenvalue weighted by Gasteiger charge is -2.32. The van der Waals surface area contributed by atoms with Crippen molar-refractivity contribution in [2.24, 2.45) is 5.92 Å². The number of ether oxygens (including phenoxy) is 1. The zero-order valence-electron chi connectivity index (χ0n) is 10.9. The Kier molecular flexibility index (Phi) is 5.76. The maximum absolute atomic E-state index is 12.0. The highest BCUT2D eigenvalue weighted by molar-refractivity contribution is 8.00. The lowest BCUT2D eigenvalue weighted by atomic mass is 9.95. The monoisotopic (exact) mass is 261 g/mol. The summed E-state index contributed by atoms with van der Waals surface area (Å²) in [6.45, 7) is 4.85. The van der Waals surface area contributed by atoms with Crippen LogP contribution in [0.3, 0.4) is 0 Å². The van der Waals surface area contributed by atoms with Crippen LogP contribution in [0, 0.1) is 5.92 Å². The van der Waals surface area contributed by atoms with Gasteiger partial charge in [-0.15, -0.1) is 0 Å². The van der Waals surface area contributed by atoms with Crippen LogP contribution in [0.25, 0.3) is 0 Å². The number of nitrogens with one attached hydrogen (secondary N) is 1. The second kappa shape index (κ2) is 6.61. The van der Waals surface area contributed by atoms with Gasteiger partial charge in [-0.2, -0.15) is 11.8 Å². The van der Waals surface area contributed by atoms with Crippen LogP contribution in [0.2, 0.25) is 0 Å². The molecule has 1 aliphatic rings. The van der Waals surface area contributed by atoms with Gasteiger partial charge in [-0.3, -0.25) is 4.79 Å². The molecule has 1 fully saturated rings. The van der Waals surface area contributed by atoms with E-state index in [1.165, 1.54) is 7.11 Å². The maximum Gasteiger partial charge on any atom is 0.327 e. The second-order valence-corrected chi connectivity index (χ2v) is 6.00. The summed E-state index contributed by atoms with van der Waals surface area (Å²) in [5, 5.41) is 12.5. The number of carbonyl (C=O) groups is 1. The highest BCUT2D eigenvalue weighted by Crippen LogP contribution is 2.42. The van der Waals surface area contributed by atoms with Crippen molar-refractivity contribution in [1.29, 1.82) is 0 Å². The van der Waals surface area contributed by atoms with Gasteiger partial charge in [-0.05, 0) is 25.3 Å². The van der Waals surface area contributed by atoms with Crippen LogP contribution in [0.15, 0.2) is 0 Å². The minimum Gasteiger partial charge on any atom is -0.468 e. The minimum atomic E-state index is -0.558. The summed E-state index contributed by atoms with van der Waals surface area (Å²) in [5.41, 5.74) is -0.558. The predicted molar refractivity (Wildman–Crippen MR) is 70.2 cm³/mol. The molecule has 0 amide bonds. The van der Waals surface area contributed by atoms with Crippen LogP contribution < -0.4 is 5.32 Å². The Morgan fingerprint density at radius 2 is 2.29 bits per heavy atom. The molecule has 0 saturated heterocycles. The molecule has 0 aromatic rings. The van der Waals surface area contributed by atoms with E-state index in [1.807, 2.05) is 13.8 Å². The quantitative estimate of drug-likeness (QED) is 0.639. The first-order valence-electron chi connectivity index (χ1n) is 6.16. The van der Waals surface area contributed by atoms with Crippen molar-refractivity contribution in [3.63, 3.8) is 0 Å². The maximum atomic E-state index is 12.0. The third-order valence-electron chi connectivity index (χ3n) is 3.17. The largest absolute Gasteiger partial charge is 0.468 e. The standard InChI is InChI=1S/C12H23NO3S/c1-4-13-12(10-5-6-10,11(15)16-3)8-17-9(2)7-14/h9-10,13-14H,4-8H2,1-3H3. The summed E-state index contributed by atoms with van der Waals surface area (Å²) in [6, 6.07) is 0. The van der Waals surface area contributed by atoms with E-state index in [1.54, 1.807) is 11.8 Å². The van der Waals surface area contributed by atoms with Gasteiger partial charge in [0.2, 0.25) is 0 Å². The fraction of sp³-hybridized carbons (Fsp3) is 0.917. The van der Waals surface area contributed by atoms with Gasteiger partial charge in [0.25, 0.3) is 0 Å². The zero-order valence-corrected chi connectivity index (χ0v) is 11.7. The van der Waals surface area contributed by atoms with Crippen LogP contribution in [0.5, 0.6) is 0 Å². The lowest BCUT2D eigenvalue weighted by Crippen LogP contribution is -2.57. The highest BCUT2D eigenvalue weighted by Gasteiger charge is 2.51. The third kappa shape index (κ3) is 3.60. The molecule has 17 heavy (non-hydrogen) atoms. The number of methoxy groups -OCH3 is 1. The first-order chi connectivity index (χ1) is 8.10. The molecule has 1 rings (SSSR count). The molecule has 0 radical (unpaired) electrons. The van der Waals surface area contributed by atoms with Gasteiger partial charge in [0.05, 0.1) is 13.7 Å². The van der Waals surface area contributed by atoms with Crippen LogP contribution in [0.4, 0.5) is 0 Å². The Morgan fingerprint density at radius 3 is 2.71 bits per heavy atom. The van der Waals surface area contributed by atoms with Gasteiger partial charge in [-0.25, -0.2) is 0 Å². The van der Waals surface area contributed by atoms with Crippen LogP contribution in [-0.2, 0) is 9.53 Å². The van der Waals surface area contributed by atoms with Crippen LogP contribution in [-0.4, -0.2) is 47.9 Å². The van der Waals surface area contributed by atoms with Crippen molar-refractivity contribution in [2.45, 2.75) is 37.5 Å². The molecule has 2 N–H and O–H groups in total. The first-order valence-corrected chi connectivity index (χ1v) is 7.21. The van der Waals surface area contributed by atoms with E-state index >= 15 is 0 Å². The Hall–Kier alpha value is -0.260. The van der Waals surface area contributed by atoms with Crippen molar-refractivity contribution in [3.8, 4) is 0 Å². The number of hydrogen-bond acceptors (Lipinski definition) is 5. The summed E-state index contributed by atoms with van der Waals surface area (Å²) in [7, 11) is 1.44. The smallest absolute Gasteiger partial charge is 0.327 e. The number of rotatable bonds is 8. The molecule has 0 heterocycles. The van der Waals surface area contributed by atoms with E-state index < -0.39 is 5.54 Å². The third-order valence-corrected chi connectivity index (χ3v) is 4.51. The zero-order chi connectivity index (χ0) is 12.9. The Bertz CT molecular complexity index is 258. The molecule has 0 aliphatic heterocycles. The van der Waals surface area contributed by atoms with Gasteiger partial charge < -0.3 is 15.2 Å². The number of likely N-dealkylation sites (N-methyl/N-ethyl adjacent to an activating group) is 1. The van der Waals surface area contributed by atoms with E-state index in [4.69, 9.17) is 9.84 Å². The number of aliphatic hydroxyl groups excluding tert-OH is 1. The fourth-order valence-electron chi connectivity index (χ4n) is 2.01. The molecule has 0 aromatic carbocycles. The molecule has 0 bridgehead atoms. The predicted octanol–water partition coefficient (Wildman–Crippen LogP) is 1.03. The summed E-state index contributed by atoms with van der Waals surface area (Å²) < 4.78 is 4.96. The summed E-state index contributed by atoms with van der Waals surface area (Å²) in [4.78, 5) is 12.0. The molecule has 2 unspecified atom stereocenters. The van der Waals surface area contributed by atoms with E-state index in [-0.39, 0.29) is 17.8 Å². The van der Waals surface area contributed by atoms with Gasteiger partial charge in [0, 0.05) is 11.0 Å². The van der Waals surface area contributed by atoms with Gasteiger partial charge in [0.15, 0.2) is 0 Å². The molecule has 5 heteroatoms. The van der Waals surface area contributed by atoms with E-state index in [0.29, 0.717) is 11.7 Å². The molecule has 1 saturated carbocycles. The molecule has 100 valence electrons. The summed E-state index contributed by atoms with van der Waals surface area (Å²) in [5.74, 6) is 0.882. The fourth-order valence-corrected chi connectivity index (χ4v) is 3.12. The molecule has 4 nitrogen and oxygen atoms in total. The number of esters is 1. The molecule has 2 atom stereocenters. The van der Waals surface area contributed by atoms with Gasteiger partial charge in [0.1, 0.15) is 5.54 Å². The molecular weight excluding hydrogens is 238 g/mol. The second-order valence-electron chi connectivity index (χ2n) is 4.57. The minimum absolute atomic E-state index is 0.138. The number of carbonyl (C=O) groups excluding carboxylic acids is 1. The van der Waals surface area contributed by atoms with Crippen LogP contribution in [0.1, 0.15) is 26.7 Å². The SMILES string of the molecule is CCNC(CSC(C)CO)(C(=O)OC)C1CC1. The number of thioether (sulfide) groups is 1. The van der Waals surface area contributed by atoms with E-state index in [2.05, 4.69) is 5.32 Å². The highest BCUT2D eigenvalue weighted by atomic mass is 32.2. The van der Waals surface area contributed by atoms with Crippen molar-refractivity contribution >= 4 is 17.7 Å². The van der Waals surface area contributed by atoms with Crippen molar-refractivity contribution < 1.29 is 14.6 Å². The Balaban J connectivity index is 2.71. The summed E-state index contributed by atoms with van der Waals surface area (Å²) in [6.07, 6.45) is 2.16. The number of aliphatic hydroxyl groups is 1. The van der Waals surface area contributed by atoms with Crippen LogP contribution >= 0.6 is 11.8 Å². The van der Waals surface area contributed by atoms with E-state index in [0.717, 1.165) is 19.4 Å². The lowest BCUT2D eigenvalue weighted by molar-refractivity contribution is -0.148. The van der Waals surface area contributed by atoms with Crippen molar-refractivity contribution in [3.05, 3.63) is 0 Å². The van der Waals surface area contributed by atoms with Gasteiger partial charge >= 0.3 is 5.97 Å². The van der Waals surface area contributed by atoms with Gasteiger partial charge in [-0.1, -0.05) is 13.8 Å². The average Bonchev–Trinajstić information content (AvgIpc) is 3.17. The molecule has 1 aliphatic carbocycles. The summed E-state index contributed by atoms with van der Waals surface area (Å²) >= 11 is 1.62. The molecule has 0 spiro atoms. The molecule has 0 aromatic heterocycles.